The highest BCUT2D eigenvalue weighted by Gasteiger charge is 2.35. The van der Waals surface area contributed by atoms with Crippen molar-refractivity contribution in [3.8, 4) is 0 Å². The topological polar surface area (TPSA) is 66.7 Å². The zero-order valence-corrected chi connectivity index (χ0v) is 15.8. The summed E-state index contributed by atoms with van der Waals surface area (Å²) in [7, 11) is 0. The van der Waals surface area contributed by atoms with Crippen LogP contribution in [0.1, 0.15) is 48.9 Å². The third kappa shape index (κ3) is 4.00. The van der Waals surface area contributed by atoms with E-state index in [1.165, 1.54) is 0 Å². The van der Waals surface area contributed by atoms with E-state index in [4.69, 9.17) is 16.0 Å². The summed E-state index contributed by atoms with van der Waals surface area (Å²) in [4.78, 5) is 32.4. The fourth-order valence-corrected chi connectivity index (χ4v) is 4.07. The number of rotatable bonds is 5. The first-order valence-corrected chi connectivity index (χ1v) is 9.74. The maximum Gasteiger partial charge on any atom is 0.242 e. The molecule has 2 saturated heterocycles. The number of nitrogens with zero attached hydrogens (tertiary/aromatic N) is 3. The molecule has 0 N–H and O–H groups in total. The number of carbonyl (C=O) groups excluding carboxylic acids is 2. The van der Waals surface area contributed by atoms with Gasteiger partial charge in [0.25, 0.3) is 0 Å². The summed E-state index contributed by atoms with van der Waals surface area (Å²) < 4.78 is 5.95. The highest BCUT2D eigenvalue weighted by Crippen LogP contribution is 2.32. The molecule has 2 amide bonds. The van der Waals surface area contributed by atoms with Crippen molar-refractivity contribution in [1.29, 1.82) is 0 Å². The number of hydrogen-bond donors (Lipinski definition) is 0. The van der Waals surface area contributed by atoms with Crippen LogP contribution in [0.15, 0.2) is 34.9 Å². The van der Waals surface area contributed by atoms with Gasteiger partial charge in [-0.1, -0.05) is 23.7 Å². The van der Waals surface area contributed by atoms with Crippen molar-refractivity contribution < 1.29 is 14.0 Å². The smallest absolute Gasteiger partial charge is 0.242 e. The molecule has 1 aromatic carbocycles. The Bertz CT molecular complexity index is 851. The zero-order valence-electron chi connectivity index (χ0n) is 15.1. The van der Waals surface area contributed by atoms with Gasteiger partial charge in [0, 0.05) is 31.0 Å². The van der Waals surface area contributed by atoms with Crippen LogP contribution in [0.3, 0.4) is 0 Å². The van der Waals surface area contributed by atoms with Gasteiger partial charge in [0.05, 0.1) is 12.7 Å². The molecule has 1 aromatic heterocycles. The summed E-state index contributed by atoms with van der Waals surface area (Å²) in [5.41, 5.74) is 1.05. The zero-order chi connectivity index (χ0) is 18.8. The molecule has 0 unspecified atom stereocenters. The summed E-state index contributed by atoms with van der Waals surface area (Å²) in [5.74, 6) is 1.37. The Morgan fingerprint density at radius 3 is 2.96 bits per heavy atom. The Balaban J connectivity index is 1.43. The molecule has 0 spiro atoms. The van der Waals surface area contributed by atoms with Crippen molar-refractivity contribution in [3.05, 3.63) is 52.7 Å². The quantitative estimate of drug-likeness (QED) is 0.790. The van der Waals surface area contributed by atoms with Crippen LogP contribution in [0, 0.1) is 0 Å². The van der Waals surface area contributed by atoms with Crippen molar-refractivity contribution in [2.75, 3.05) is 19.6 Å². The van der Waals surface area contributed by atoms with Gasteiger partial charge in [-0.15, -0.1) is 0 Å². The molecule has 2 aromatic rings. The first kappa shape index (κ1) is 18.0. The fourth-order valence-electron chi connectivity index (χ4n) is 3.85. The number of benzene rings is 1. The minimum atomic E-state index is -0.150. The molecule has 6 nitrogen and oxygen atoms in total. The lowest BCUT2D eigenvalue weighted by atomic mass is 10.1. The van der Waals surface area contributed by atoms with Crippen molar-refractivity contribution in [2.45, 2.75) is 38.1 Å². The maximum absolute atomic E-state index is 12.7. The van der Waals surface area contributed by atoms with Crippen LogP contribution in [-0.4, -0.2) is 46.2 Å². The van der Waals surface area contributed by atoms with E-state index < -0.39 is 0 Å². The molecule has 1 atom stereocenters. The Hall–Kier alpha value is -2.34. The molecule has 27 heavy (non-hydrogen) atoms. The van der Waals surface area contributed by atoms with Crippen molar-refractivity contribution in [3.63, 3.8) is 0 Å². The molecule has 142 valence electrons. The predicted molar refractivity (Wildman–Crippen MR) is 100 cm³/mol. The average Bonchev–Trinajstić information content (AvgIpc) is 3.36. The summed E-state index contributed by atoms with van der Waals surface area (Å²) in [6.45, 7) is 1.51. The molecule has 0 aliphatic carbocycles. The molecule has 4 rings (SSSR count). The van der Waals surface area contributed by atoms with Crippen LogP contribution in [0.5, 0.6) is 0 Å². The summed E-state index contributed by atoms with van der Waals surface area (Å²) >= 11 is 6.04. The Morgan fingerprint density at radius 1 is 1.30 bits per heavy atom. The third-order valence-corrected chi connectivity index (χ3v) is 5.43. The molecule has 3 heterocycles. The van der Waals surface area contributed by atoms with E-state index in [2.05, 4.69) is 4.98 Å². The Kier molecular flexibility index (Phi) is 5.16. The number of oxazole rings is 1. The highest BCUT2D eigenvalue weighted by atomic mass is 35.5. The first-order valence-electron chi connectivity index (χ1n) is 9.36. The molecular formula is C20H22ClN3O3. The van der Waals surface area contributed by atoms with E-state index in [1.807, 2.05) is 24.3 Å². The van der Waals surface area contributed by atoms with Crippen LogP contribution in [0.25, 0.3) is 0 Å². The minimum Gasteiger partial charge on any atom is -0.443 e. The Labute approximate surface area is 163 Å². The van der Waals surface area contributed by atoms with Gasteiger partial charge in [0.2, 0.25) is 17.7 Å². The Morgan fingerprint density at radius 2 is 2.19 bits per heavy atom. The summed E-state index contributed by atoms with van der Waals surface area (Å²) in [6.07, 6.45) is 5.45. The predicted octanol–water partition coefficient (Wildman–Crippen LogP) is 3.20. The number of amides is 2. The summed E-state index contributed by atoms with van der Waals surface area (Å²) in [5, 5.41) is 0.691. The number of aromatic nitrogens is 1. The van der Waals surface area contributed by atoms with E-state index in [9.17, 15) is 9.59 Å². The molecular weight excluding hydrogens is 366 g/mol. The van der Waals surface area contributed by atoms with Crippen LogP contribution in [0.4, 0.5) is 0 Å². The van der Waals surface area contributed by atoms with E-state index >= 15 is 0 Å². The number of hydrogen-bond acceptors (Lipinski definition) is 4. The second-order valence-corrected chi connectivity index (χ2v) is 7.57. The maximum atomic E-state index is 12.7. The second-order valence-electron chi connectivity index (χ2n) is 7.14. The van der Waals surface area contributed by atoms with Gasteiger partial charge in [-0.2, -0.15) is 0 Å². The van der Waals surface area contributed by atoms with Gasteiger partial charge in [-0.3, -0.25) is 9.59 Å². The van der Waals surface area contributed by atoms with Gasteiger partial charge in [-0.05, 0) is 37.0 Å². The second kappa shape index (κ2) is 7.72. The largest absolute Gasteiger partial charge is 0.443 e. The molecule has 0 saturated carbocycles. The third-order valence-electron chi connectivity index (χ3n) is 5.19. The van der Waals surface area contributed by atoms with E-state index in [1.54, 1.807) is 16.0 Å². The van der Waals surface area contributed by atoms with Crippen LogP contribution >= 0.6 is 11.6 Å². The van der Waals surface area contributed by atoms with Gasteiger partial charge in [0.1, 0.15) is 11.8 Å². The molecule has 2 aliphatic rings. The number of carbonyl (C=O) groups is 2. The van der Waals surface area contributed by atoms with E-state index in [-0.39, 0.29) is 24.4 Å². The number of likely N-dealkylation sites (tertiary alicyclic amines) is 2. The summed E-state index contributed by atoms with van der Waals surface area (Å²) in [6, 6.07) is 7.49. The monoisotopic (exact) mass is 387 g/mol. The first-order chi connectivity index (χ1) is 13.1. The van der Waals surface area contributed by atoms with Crippen molar-refractivity contribution in [1.82, 2.24) is 14.8 Å². The van der Waals surface area contributed by atoms with Gasteiger partial charge < -0.3 is 14.2 Å². The standard InChI is InChI=1S/C20H22ClN3O3/c21-15-5-1-4-14(10-15)11-16-12-22-20(27-16)17-6-2-9-24(17)19(26)13-23-8-3-7-18(23)25/h1,4-5,10,12,17H,2-3,6-9,11,13H2/t17-/m1/s1. The van der Waals surface area contributed by atoms with Crippen LogP contribution < -0.4 is 0 Å². The van der Waals surface area contributed by atoms with E-state index in [0.29, 0.717) is 36.8 Å². The lowest BCUT2D eigenvalue weighted by Crippen LogP contribution is -2.40. The fraction of sp³-hybridized carbons (Fsp3) is 0.450. The average molecular weight is 388 g/mol. The molecule has 0 radical (unpaired) electrons. The van der Waals surface area contributed by atoms with Gasteiger partial charge in [0.15, 0.2) is 0 Å². The lowest BCUT2D eigenvalue weighted by molar-refractivity contribution is -0.139. The normalized spacial score (nSPS) is 19.9. The number of halogens is 1. The lowest BCUT2D eigenvalue weighted by Gasteiger charge is -2.25. The minimum absolute atomic E-state index is 0.0256. The van der Waals surface area contributed by atoms with Crippen LogP contribution in [-0.2, 0) is 16.0 Å². The molecule has 2 fully saturated rings. The molecule has 7 heteroatoms. The van der Waals surface area contributed by atoms with E-state index in [0.717, 1.165) is 30.6 Å². The SMILES string of the molecule is O=C1CCCN1CC(=O)N1CCC[C@@H]1c1ncc(Cc2cccc(Cl)c2)o1. The molecule has 0 bridgehead atoms. The van der Waals surface area contributed by atoms with Crippen molar-refractivity contribution in [2.24, 2.45) is 0 Å². The van der Waals surface area contributed by atoms with Gasteiger partial charge >= 0.3 is 0 Å². The van der Waals surface area contributed by atoms with Gasteiger partial charge in [-0.25, -0.2) is 4.98 Å². The highest BCUT2D eigenvalue weighted by molar-refractivity contribution is 6.30. The van der Waals surface area contributed by atoms with Crippen molar-refractivity contribution >= 4 is 23.4 Å². The molecule has 2 aliphatic heterocycles. The van der Waals surface area contributed by atoms with Crippen LogP contribution in [0.2, 0.25) is 5.02 Å².